The monoisotopic (exact) mass is 316 g/mol. The zero-order valence-corrected chi connectivity index (χ0v) is 15.1. The fourth-order valence-corrected chi connectivity index (χ4v) is 7.34. The van der Waals surface area contributed by atoms with E-state index >= 15 is 0 Å². The summed E-state index contributed by atoms with van der Waals surface area (Å²) in [5.74, 6) is 4.13. The van der Waals surface area contributed by atoms with Crippen LogP contribution in [0, 0.1) is 40.4 Å². The summed E-state index contributed by atoms with van der Waals surface area (Å²) in [5, 5.41) is 0. The maximum absolute atomic E-state index is 12.9. The first-order valence-corrected chi connectivity index (χ1v) is 9.96. The standard InChI is InChI=1S/C21H32O2/c1-4-13-11-18-16-6-5-14-12-15(22)7-9-20(14,2)17(16)8-10-21(18,3)19(13)23/h13-14,16-18H,4-12H2,1-3H3/t13?,14?,16-,17-,18+,20+,21+/m1/s1. The molecule has 4 fully saturated rings. The van der Waals surface area contributed by atoms with E-state index in [1.54, 1.807) is 0 Å². The number of hydrogen-bond acceptors (Lipinski definition) is 2. The zero-order valence-electron chi connectivity index (χ0n) is 15.1. The molecular weight excluding hydrogens is 284 g/mol. The lowest BCUT2D eigenvalue weighted by atomic mass is 9.45. The van der Waals surface area contributed by atoms with Crippen molar-refractivity contribution in [2.75, 3.05) is 0 Å². The van der Waals surface area contributed by atoms with Gasteiger partial charge in [0.25, 0.3) is 0 Å². The first-order valence-electron chi connectivity index (χ1n) is 9.96. The predicted molar refractivity (Wildman–Crippen MR) is 90.9 cm³/mol. The van der Waals surface area contributed by atoms with Crippen molar-refractivity contribution in [3.8, 4) is 0 Å². The van der Waals surface area contributed by atoms with Gasteiger partial charge in [-0.15, -0.1) is 0 Å². The molecule has 0 bridgehead atoms. The molecule has 4 rings (SSSR count). The van der Waals surface area contributed by atoms with E-state index in [0.717, 1.165) is 50.4 Å². The number of carbonyl (C=O) groups is 2. The van der Waals surface area contributed by atoms with Crippen molar-refractivity contribution < 1.29 is 9.59 Å². The van der Waals surface area contributed by atoms with E-state index in [1.807, 2.05) is 0 Å². The molecule has 0 radical (unpaired) electrons. The first kappa shape index (κ1) is 15.8. The fourth-order valence-electron chi connectivity index (χ4n) is 7.34. The van der Waals surface area contributed by atoms with Gasteiger partial charge in [0.1, 0.15) is 11.6 Å². The predicted octanol–water partition coefficient (Wildman–Crippen LogP) is 4.80. The van der Waals surface area contributed by atoms with Crippen LogP contribution in [-0.4, -0.2) is 11.6 Å². The number of ketones is 2. The van der Waals surface area contributed by atoms with Crippen molar-refractivity contribution in [2.24, 2.45) is 40.4 Å². The summed E-state index contributed by atoms with van der Waals surface area (Å²) in [5.41, 5.74) is 0.334. The van der Waals surface area contributed by atoms with Crippen LogP contribution >= 0.6 is 0 Å². The number of hydrogen-bond donors (Lipinski definition) is 0. The van der Waals surface area contributed by atoms with Crippen molar-refractivity contribution >= 4 is 11.6 Å². The number of carbonyl (C=O) groups excluding carboxylic acids is 2. The Kier molecular flexibility index (Phi) is 3.56. The average Bonchev–Trinajstić information content (AvgIpc) is 2.79. The van der Waals surface area contributed by atoms with E-state index in [0.29, 0.717) is 34.7 Å². The van der Waals surface area contributed by atoms with Gasteiger partial charge >= 0.3 is 0 Å². The number of Topliss-reactive ketones (excluding diaryl/α,β-unsaturated/α-hetero) is 2. The maximum Gasteiger partial charge on any atom is 0.142 e. The second kappa shape index (κ2) is 5.17. The molecule has 2 heteroatoms. The maximum atomic E-state index is 12.9. The Hall–Kier alpha value is -0.660. The number of fused-ring (bicyclic) bond motifs is 5. The third-order valence-corrected chi connectivity index (χ3v) is 8.84. The normalized spacial score (nSPS) is 52.7. The van der Waals surface area contributed by atoms with Gasteiger partial charge in [-0.05, 0) is 74.0 Å². The molecule has 4 aliphatic rings. The highest BCUT2D eigenvalue weighted by atomic mass is 16.1. The van der Waals surface area contributed by atoms with E-state index in [9.17, 15) is 9.59 Å². The Morgan fingerprint density at radius 1 is 1.04 bits per heavy atom. The molecule has 23 heavy (non-hydrogen) atoms. The van der Waals surface area contributed by atoms with Crippen LogP contribution in [0.3, 0.4) is 0 Å². The molecule has 2 unspecified atom stereocenters. The molecule has 4 aliphatic carbocycles. The SMILES string of the molecule is CCC1C[C@H]2[C@@H]3CCC4CC(=O)CC[C@]4(C)[C@@H]3CC[C@]2(C)C1=O. The van der Waals surface area contributed by atoms with Crippen LogP contribution < -0.4 is 0 Å². The molecule has 0 aliphatic heterocycles. The van der Waals surface area contributed by atoms with Crippen molar-refractivity contribution in [1.29, 1.82) is 0 Å². The fraction of sp³-hybridized carbons (Fsp3) is 0.905. The summed E-state index contributed by atoms with van der Waals surface area (Å²) < 4.78 is 0. The molecule has 0 amide bonds. The molecule has 0 saturated heterocycles. The van der Waals surface area contributed by atoms with Crippen LogP contribution in [-0.2, 0) is 9.59 Å². The van der Waals surface area contributed by atoms with Gasteiger partial charge in [0.15, 0.2) is 0 Å². The lowest BCUT2D eigenvalue weighted by Gasteiger charge is -2.59. The minimum Gasteiger partial charge on any atom is -0.300 e. The Bertz CT molecular complexity index is 538. The molecule has 0 spiro atoms. The van der Waals surface area contributed by atoms with Gasteiger partial charge in [-0.3, -0.25) is 9.59 Å². The molecule has 128 valence electrons. The zero-order chi connectivity index (χ0) is 16.4. The summed E-state index contributed by atoms with van der Waals surface area (Å²) in [7, 11) is 0. The first-order chi connectivity index (χ1) is 10.9. The van der Waals surface area contributed by atoms with E-state index in [2.05, 4.69) is 20.8 Å². The molecule has 0 N–H and O–H groups in total. The molecule has 0 aromatic carbocycles. The Morgan fingerprint density at radius 2 is 1.83 bits per heavy atom. The second-order valence-corrected chi connectivity index (χ2v) is 9.56. The van der Waals surface area contributed by atoms with E-state index in [-0.39, 0.29) is 5.41 Å². The van der Waals surface area contributed by atoms with Crippen molar-refractivity contribution in [1.82, 2.24) is 0 Å². The highest BCUT2D eigenvalue weighted by Crippen LogP contribution is 2.66. The molecule has 2 nitrogen and oxygen atoms in total. The van der Waals surface area contributed by atoms with E-state index in [4.69, 9.17) is 0 Å². The summed E-state index contributed by atoms with van der Waals surface area (Å²) in [6.45, 7) is 6.95. The third kappa shape index (κ3) is 2.05. The van der Waals surface area contributed by atoms with E-state index in [1.165, 1.54) is 19.3 Å². The van der Waals surface area contributed by atoms with Crippen molar-refractivity contribution in [3.63, 3.8) is 0 Å². The summed E-state index contributed by atoms with van der Waals surface area (Å²) in [4.78, 5) is 24.9. The Morgan fingerprint density at radius 3 is 2.57 bits per heavy atom. The highest BCUT2D eigenvalue weighted by Gasteiger charge is 2.61. The Balaban J connectivity index is 1.64. The van der Waals surface area contributed by atoms with Crippen molar-refractivity contribution in [3.05, 3.63) is 0 Å². The van der Waals surface area contributed by atoms with Gasteiger partial charge in [0.05, 0.1) is 0 Å². The van der Waals surface area contributed by atoms with Crippen LogP contribution in [0.25, 0.3) is 0 Å². The Labute approximate surface area is 140 Å². The highest BCUT2D eigenvalue weighted by molar-refractivity contribution is 5.89. The summed E-state index contributed by atoms with van der Waals surface area (Å²) >= 11 is 0. The molecule has 4 saturated carbocycles. The van der Waals surface area contributed by atoms with Crippen LogP contribution in [0.4, 0.5) is 0 Å². The molecular formula is C21H32O2. The van der Waals surface area contributed by atoms with Crippen molar-refractivity contribution in [2.45, 2.75) is 78.6 Å². The van der Waals surface area contributed by atoms with Gasteiger partial charge in [-0.25, -0.2) is 0 Å². The smallest absolute Gasteiger partial charge is 0.142 e. The minimum absolute atomic E-state index is 0.0322. The van der Waals surface area contributed by atoms with Gasteiger partial charge in [-0.2, -0.15) is 0 Å². The van der Waals surface area contributed by atoms with Gasteiger partial charge in [0, 0.05) is 24.2 Å². The third-order valence-electron chi connectivity index (χ3n) is 8.84. The molecule has 0 heterocycles. The lowest BCUT2D eigenvalue weighted by Crippen LogP contribution is -2.53. The van der Waals surface area contributed by atoms with Gasteiger partial charge < -0.3 is 0 Å². The summed E-state index contributed by atoms with van der Waals surface area (Å²) in [6, 6.07) is 0. The van der Waals surface area contributed by atoms with Crippen LogP contribution in [0.1, 0.15) is 78.6 Å². The molecule has 0 aromatic rings. The second-order valence-electron chi connectivity index (χ2n) is 9.56. The van der Waals surface area contributed by atoms with Crippen LogP contribution in [0.2, 0.25) is 0 Å². The largest absolute Gasteiger partial charge is 0.300 e. The van der Waals surface area contributed by atoms with Gasteiger partial charge in [-0.1, -0.05) is 20.8 Å². The van der Waals surface area contributed by atoms with Crippen LogP contribution in [0.5, 0.6) is 0 Å². The lowest BCUT2D eigenvalue weighted by molar-refractivity contribution is -0.144. The van der Waals surface area contributed by atoms with E-state index < -0.39 is 0 Å². The minimum atomic E-state index is -0.0322. The molecule has 0 aromatic heterocycles. The average molecular weight is 316 g/mol. The van der Waals surface area contributed by atoms with Gasteiger partial charge in [0.2, 0.25) is 0 Å². The topological polar surface area (TPSA) is 34.1 Å². The van der Waals surface area contributed by atoms with Crippen LogP contribution in [0.15, 0.2) is 0 Å². The number of rotatable bonds is 1. The quantitative estimate of drug-likeness (QED) is 0.696. The summed E-state index contributed by atoms with van der Waals surface area (Å²) in [6.07, 6.45) is 9.72. The molecule has 7 atom stereocenters.